The van der Waals surface area contributed by atoms with Gasteiger partial charge in [0.05, 0.1) is 0 Å². The fourth-order valence-electron chi connectivity index (χ4n) is 4.84. The molecular formula is C30H36BrClN6O4. The first-order valence-electron chi connectivity index (χ1n) is 14.0. The minimum Gasteiger partial charge on any atom is -0.444 e. The van der Waals surface area contributed by atoms with E-state index in [1.807, 2.05) is 45.0 Å². The number of anilines is 1. The van der Waals surface area contributed by atoms with Crippen LogP contribution in [0.2, 0.25) is 5.28 Å². The predicted molar refractivity (Wildman–Crippen MR) is 165 cm³/mol. The number of aromatic amines is 1. The zero-order valence-corrected chi connectivity index (χ0v) is 26.2. The lowest BCUT2D eigenvalue weighted by Crippen LogP contribution is -2.48. The summed E-state index contributed by atoms with van der Waals surface area (Å²) in [6.07, 6.45) is 2.90. The number of H-pyrrole nitrogens is 1. The van der Waals surface area contributed by atoms with Gasteiger partial charge in [0.1, 0.15) is 11.6 Å². The maximum Gasteiger partial charge on any atom is 0.407 e. The number of hydrogen-bond donors (Lipinski definition) is 4. The predicted octanol–water partition coefficient (Wildman–Crippen LogP) is 5.88. The molecule has 0 saturated heterocycles. The molecule has 1 heterocycles. The molecule has 0 unspecified atom stereocenters. The SMILES string of the molecule is CC(C)(C)OC(=O)NC[C@H]1CC[C@H](C(=O)N[C@@H](Cc2ccc(Br)cc2)C(=O)Nc2ccc(-c3nnc(Cl)[nH]3)cc2)CC1. The van der Waals surface area contributed by atoms with E-state index in [-0.39, 0.29) is 28.9 Å². The van der Waals surface area contributed by atoms with Gasteiger partial charge in [-0.2, -0.15) is 0 Å². The number of amides is 3. The number of rotatable bonds is 9. The summed E-state index contributed by atoms with van der Waals surface area (Å²) in [6, 6.07) is 14.0. The molecule has 1 aliphatic carbocycles. The van der Waals surface area contributed by atoms with Crippen molar-refractivity contribution in [3.8, 4) is 11.4 Å². The van der Waals surface area contributed by atoms with Crippen LogP contribution in [-0.4, -0.2) is 51.3 Å². The molecule has 12 heteroatoms. The maximum atomic E-state index is 13.4. The highest BCUT2D eigenvalue weighted by Gasteiger charge is 2.30. The van der Waals surface area contributed by atoms with Gasteiger partial charge in [-0.1, -0.05) is 28.1 Å². The van der Waals surface area contributed by atoms with Gasteiger partial charge >= 0.3 is 6.09 Å². The number of carbonyl (C=O) groups is 3. The number of nitrogens with one attached hydrogen (secondary N) is 4. The summed E-state index contributed by atoms with van der Waals surface area (Å²) in [5, 5.41) is 16.7. The van der Waals surface area contributed by atoms with Crippen molar-refractivity contribution >= 4 is 51.1 Å². The molecule has 1 atom stereocenters. The highest BCUT2D eigenvalue weighted by molar-refractivity contribution is 9.10. The summed E-state index contributed by atoms with van der Waals surface area (Å²) in [5.41, 5.74) is 1.73. The van der Waals surface area contributed by atoms with Gasteiger partial charge in [0.15, 0.2) is 5.82 Å². The second-order valence-corrected chi connectivity index (χ2v) is 12.8. The Morgan fingerprint density at radius 1 is 1.02 bits per heavy atom. The van der Waals surface area contributed by atoms with Crippen LogP contribution in [0.25, 0.3) is 11.4 Å². The van der Waals surface area contributed by atoms with Gasteiger partial charge in [-0.25, -0.2) is 4.79 Å². The molecule has 1 fully saturated rings. The average molecular weight is 660 g/mol. The molecule has 1 aliphatic rings. The van der Waals surface area contributed by atoms with E-state index in [2.05, 4.69) is 47.1 Å². The molecule has 1 aromatic heterocycles. The lowest BCUT2D eigenvalue weighted by molar-refractivity contribution is -0.130. The third kappa shape index (κ3) is 9.55. The molecule has 4 rings (SSSR count). The van der Waals surface area contributed by atoms with E-state index in [0.29, 0.717) is 37.3 Å². The molecule has 0 aliphatic heterocycles. The molecule has 224 valence electrons. The van der Waals surface area contributed by atoms with Gasteiger partial charge in [-0.3, -0.25) is 9.59 Å². The first kappa shape index (κ1) is 31.5. The Hall–Kier alpha value is -3.44. The molecule has 3 aromatic rings. The highest BCUT2D eigenvalue weighted by atomic mass is 79.9. The number of benzene rings is 2. The normalized spacial score (nSPS) is 17.6. The summed E-state index contributed by atoms with van der Waals surface area (Å²) in [7, 11) is 0. The molecule has 0 spiro atoms. The van der Waals surface area contributed by atoms with Crippen molar-refractivity contribution in [2.45, 2.75) is 64.5 Å². The summed E-state index contributed by atoms with van der Waals surface area (Å²) < 4.78 is 6.25. The van der Waals surface area contributed by atoms with Gasteiger partial charge in [0.2, 0.25) is 17.1 Å². The number of ether oxygens (including phenoxy) is 1. The Labute approximate surface area is 258 Å². The van der Waals surface area contributed by atoms with Crippen LogP contribution in [0.1, 0.15) is 52.0 Å². The fourth-order valence-corrected chi connectivity index (χ4v) is 5.23. The molecule has 10 nitrogen and oxygen atoms in total. The lowest BCUT2D eigenvalue weighted by atomic mass is 9.81. The molecule has 4 N–H and O–H groups in total. The summed E-state index contributed by atoms with van der Waals surface area (Å²) in [6.45, 7) is 5.99. The smallest absolute Gasteiger partial charge is 0.407 e. The van der Waals surface area contributed by atoms with E-state index in [1.165, 1.54) is 0 Å². The van der Waals surface area contributed by atoms with Crippen molar-refractivity contribution in [2.24, 2.45) is 11.8 Å². The second kappa shape index (κ2) is 14.2. The zero-order chi connectivity index (χ0) is 30.3. The van der Waals surface area contributed by atoms with E-state index in [4.69, 9.17) is 16.3 Å². The number of aromatic nitrogens is 3. The molecule has 2 aromatic carbocycles. The largest absolute Gasteiger partial charge is 0.444 e. The topological polar surface area (TPSA) is 138 Å². The van der Waals surface area contributed by atoms with Crippen molar-refractivity contribution in [1.82, 2.24) is 25.8 Å². The van der Waals surface area contributed by atoms with Crippen LogP contribution in [0.3, 0.4) is 0 Å². The summed E-state index contributed by atoms with van der Waals surface area (Å²) in [4.78, 5) is 41.6. The van der Waals surface area contributed by atoms with Crippen LogP contribution in [0.5, 0.6) is 0 Å². The van der Waals surface area contributed by atoms with Gasteiger partial charge in [0, 0.05) is 34.6 Å². The highest BCUT2D eigenvalue weighted by Crippen LogP contribution is 2.29. The molecule has 3 amide bonds. The van der Waals surface area contributed by atoms with E-state index < -0.39 is 17.7 Å². The Morgan fingerprint density at radius 3 is 2.29 bits per heavy atom. The van der Waals surface area contributed by atoms with Crippen LogP contribution in [0.15, 0.2) is 53.0 Å². The van der Waals surface area contributed by atoms with Crippen LogP contribution in [0.4, 0.5) is 10.5 Å². The average Bonchev–Trinajstić information content (AvgIpc) is 3.38. The molecular weight excluding hydrogens is 624 g/mol. The van der Waals surface area contributed by atoms with Crippen molar-refractivity contribution < 1.29 is 19.1 Å². The standard InChI is InChI=1S/C30H36BrClN6O4/c1-30(2,3)42-29(41)33-17-19-4-8-21(9-5-19)26(39)35-24(16-18-6-12-22(31)13-7-18)27(40)34-23-14-10-20(11-15-23)25-36-28(32)38-37-25/h6-7,10-15,19,21,24H,4-5,8-9,16-17H2,1-3H3,(H,33,41)(H,34,40)(H,35,39)(H,36,37,38)/t19-,21-,24-/m0/s1. The molecule has 0 radical (unpaired) electrons. The van der Waals surface area contributed by atoms with Crippen LogP contribution in [0, 0.1) is 11.8 Å². The van der Waals surface area contributed by atoms with E-state index in [0.717, 1.165) is 28.4 Å². The van der Waals surface area contributed by atoms with Gasteiger partial charge < -0.3 is 25.7 Å². The number of nitrogens with zero attached hydrogens (tertiary/aromatic N) is 2. The molecule has 1 saturated carbocycles. The Kier molecular flexibility index (Phi) is 10.6. The minimum absolute atomic E-state index is 0.136. The monoisotopic (exact) mass is 658 g/mol. The quantitative estimate of drug-likeness (QED) is 0.226. The number of hydrogen-bond acceptors (Lipinski definition) is 6. The van der Waals surface area contributed by atoms with Gasteiger partial charge in [0.25, 0.3) is 0 Å². The van der Waals surface area contributed by atoms with E-state index in [9.17, 15) is 14.4 Å². The van der Waals surface area contributed by atoms with Gasteiger partial charge in [-0.05, 0) is 106 Å². The molecule has 42 heavy (non-hydrogen) atoms. The first-order chi connectivity index (χ1) is 19.9. The number of carbonyl (C=O) groups excluding carboxylic acids is 3. The lowest BCUT2D eigenvalue weighted by Gasteiger charge is -2.29. The Balaban J connectivity index is 1.35. The summed E-state index contributed by atoms with van der Waals surface area (Å²) in [5.74, 6) is 0.157. The van der Waals surface area contributed by atoms with Crippen molar-refractivity contribution in [1.29, 1.82) is 0 Å². The van der Waals surface area contributed by atoms with E-state index in [1.54, 1.807) is 24.3 Å². The number of alkyl carbamates (subject to hydrolysis) is 1. The van der Waals surface area contributed by atoms with Crippen molar-refractivity contribution in [3.05, 3.63) is 63.9 Å². The van der Waals surface area contributed by atoms with Crippen LogP contribution >= 0.6 is 27.5 Å². The Morgan fingerprint density at radius 2 is 1.69 bits per heavy atom. The third-order valence-corrected chi connectivity index (χ3v) is 7.72. The van der Waals surface area contributed by atoms with Crippen molar-refractivity contribution in [3.63, 3.8) is 0 Å². The zero-order valence-electron chi connectivity index (χ0n) is 23.9. The second-order valence-electron chi connectivity index (χ2n) is 11.5. The molecule has 0 bridgehead atoms. The first-order valence-corrected chi connectivity index (χ1v) is 15.1. The van der Waals surface area contributed by atoms with Crippen molar-refractivity contribution in [2.75, 3.05) is 11.9 Å². The van der Waals surface area contributed by atoms with Crippen LogP contribution in [-0.2, 0) is 20.7 Å². The maximum absolute atomic E-state index is 13.4. The Bertz CT molecular complexity index is 1370. The fraction of sp³-hybridized carbons (Fsp3) is 0.433. The minimum atomic E-state index is -0.766. The van der Waals surface area contributed by atoms with Crippen LogP contribution < -0.4 is 16.0 Å². The van der Waals surface area contributed by atoms with E-state index >= 15 is 0 Å². The summed E-state index contributed by atoms with van der Waals surface area (Å²) >= 11 is 9.27. The third-order valence-electron chi connectivity index (χ3n) is 7.02. The number of halogens is 2. The van der Waals surface area contributed by atoms with Gasteiger partial charge in [-0.15, -0.1) is 10.2 Å².